The third-order valence-corrected chi connectivity index (χ3v) is 5.24. The standard InChI is InChI=1S/C19H26N2O2/c1-2-16-8-5-6-12-21(16)18(22)11-10-15-13-14-7-3-4-9-17(14)20-19(15)23/h3-4,7,9,15-16H,2,5-6,8,10-13H2,1H3,(H,20,23). The first-order valence-corrected chi connectivity index (χ1v) is 8.87. The van der Waals surface area contributed by atoms with Crippen molar-refractivity contribution in [1.29, 1.82) is 0 Å². The molecule has 0 aromatic heterocycles. The SMILES string of the molecule is CCC1CCCCN1C(=O)CCC1Cc2ccccc2NC1=O. The Morgan fingerprint density at radius 2 is 2.13 bits per heavy atom. The highest BCUT2D eigenvalue weighted by atomic mass is 16.2. The number of fused-ring (bicyclic) bond motifs is 1. The van der Waals surface area contributed by atoms with E-state index in [4.69, 9.17) is 0 Å². The Morgan fingerprint density at radius 1 is 1.30 bits per heavy atom. The van der Waals surface area contributed by atoms with Crippen LogP contribution < -0.4 is 5.32 Å². The van der Waals surface area contributed by atoms with E-state index >= 15 is 0 Å². The second-order valence-corrected chi connectivity index (χ2v) is 6.73. The molecule has 2 atom stereocenters. The molecular formula is C19H26N2O2. The van der Waals surface area contributed by atoms with Gasteiger partial charge in [-0.1, -0.05) is 25.1 Å². The molecule has 1 aromatic rings. The summed E-state index contributed by atoms with van der Waals surface area (Å²) in [5.41, 5.74) is 2.09. The molecule has 0 bridgehead atoms. The molecule has 2 amide bonds. The molecule has 0 radical (unpaired) electrons. The van der Waals surface area contributed by atoms with Gasteiger partial charge in [0.25, 0.3) is 0 Å². The Balaban J connectivity index is 1.58. The van der Waals surface area contributed by atoms with Gasteiger partial charge >= 0.3 is 0 Å². The van der Waals surface area contributed by atoms with E-state index in [1.54, 1.807) is 0 Å². The van der Waals surface area contributed by atoms with Crippen LogP contribution in [0.25, 0.3) is 0 Å². The topological polar surface area (TPSA) is 49.4 Å². The molecular weight excluding hydrogens is 288 g/mol. The number of carbonyl (C=O) groups is 2. The van der Waals surface area contributed by atoms with Gasteiger partial charge < -0.3 is 10.2 Å². The van der Waals surface area contributed by atoms with Crippen LogP contribution in [0.1, 0.15) is 51.0 Å². The van der Waals surface area contributed by atoms with Gasteiger partial charge in [0.2, 0.25) is 11.8 Å². The van der Waals surface area contributed by atoms with Crippen molar-refractivity contribution in [2.75, 3.05) is 11.9 Å². The van der Waals surface area contributed by atoms with Crippen molar-refractivity contribution < 1.29 is 9.59 Å². The molecule has 2 unspecified atom stereocenters. The number of amides is 2. The van der Waals surface area contributed by atoms with E-state index in [1.165, 1.54) is 12.0 Å². The molecule has 1 fully saturated rings. The lowest BCUT2D eigenvalue weighted by molar-refractivity contribution is -0.135. The number of nitrogens with zero attached hydrogens (tertiary/aromatic N) is 1. The first-order chi connectivity index (χ1) is 11.2. The normalized spacial score (nSPS) is 24.0. The molecule has 2 heterocycles. The van der Waals surface area contributed by atoms with E-state index in [-0.39, 0.29) is 17.7 Å². The van der Waals surface area contributed by atoms with Gasteiger partial charge in [0.05, 0.1) is 0 Å². The molecule has 0 aliphatic carbocycles. The van der Waals surface area contributed by atoms with E-state index in [1.807, 2.05) is 18.2 Å². The molecule has 4 nitrogen and oxygen atoms in total. The lowest BCUT2D eigenvalue weighted by atomic mass is 9.89. The highest BCUT2D eigenvalue weighted by Crippen LogP contribution is 2.28. The second-order valence-electron chi connectivity index (χ2n) is 6.73. The predicted octanol–water partition coefficient (Wildman–Crippen LogP) is 3.37. The maximum Gasteiger partial charge on any atom is 0.227 e. The fourth-order valence-corrected chi connectivity index (χ4v) is 3.84. The highest BCUT2D eigenvalue weighted by Gasteiger charge is 2.29. The molecule has 3 rings (SSSR count). The maximum absolute atomic E-state index is 12.6. The molecule has 4 heteroatoms. The third-order valence-electron chi connectivity index (χ3n) is 5.24. The van der Waals surface area contributed by atoms with Crippen LogP contribution in [0.4, 0.5) is 5.69 Å². The molecule has 0 saturated carbocycles. The Hall–Kier alpha value is -1.84. The number of likely N-dealkylation sites (tertiary alicyclic amines) is 1. The summed E-state index contributed by atoms with van der Waals surface area (Å²) in [6.45, 7) is 3.04. The van der Waals surface area contributed by atoms with Gasteiger partial charge in [-0.3, -0.25) is 9.59 Å². The van der Waals surface area contributed by atoms with Gasteiger partial charge in [-0.15, -0.1) is 0 Å². The molecule has 2 aliphatic heterocycles. The Labute approximate surface area is 138 Å². The van der Waals surface area contributed by atoms with Crippen LogP contribution in [0.15, 0.2) is 24.3 Å². The summed E-state index contributed by atoms with van der Waals surface area (Å²) in [6.07, 6.45) is 6.36. The fraction of sp³-hybridized carbons (Fsp3) is 0.579. The highest BCUT2D eigenvalue weighted by molar-refractivity contribution is 5.96. The minimum atomic E-state index is -0.0845. The van der Waals surface area contributed by atoms with Crippen LogP contribution >= 0.6 is 0 Å². The van der Waals surface area contributed by atoms with Gasteiger partial charge in [0.1, 0.15) is 0 Å². The minimum absolute atomic E-state index is 0.0576. The van der Waals surface area contributed by atoms with Gasteiger partial charge in [-0.2, -0.15) is 0 Å². The third kappa shape index (κ3) is 3.57. The molecule has 2 aliphatic rings. The molecule has 23 heavy (non-hydrogen) atoms. The van der Waals surface area contributed by atoms with Crippen LogP contribution in [-0.4, -0.2) is 29.3 Å². The zero-order valence-corrected chi connectivity index (χ0v) is 13.9. The first-order valence-electron chi connectivity index (χ1n) is 8.87. The number of carbonyl (C=O) groups excluding carboxylic acids is 2. The average molecular weight is 314 g/mol. The Kier molecular flexibility index (Phi) is 4.99. The van der Waals surface area contributed by atoms with Crippen molar-refractivity contribution in [2.45, 2.75) is 57.9 Å². The number of hydrogen-bond donors (Lipinski definition) is 1. The second kappa shape index (κ2) is 7.16. The molecule has 1 aromatic carbocycles. The molecule has 1 N–H and O–H groups in total. The van der Waals surface area contributed by atoms with Crippen molar-refractivity contribution in [1.82, 2.24) is 4.90 Å². The number of anilines is 1. The number of para-hydroxylation sites is 1. The summed E-state index contributed by atoms with van der Waals surface area (Å²) in [6, 6.07) is 8.33. The summed E-state index contributed by atoms with van der Waals surface area (Å²) >= 11 is 0. The largest absolute Gasteiger partial charge is 0.340 e. The van der Waals surface area contributed by atoms with Crippen molar-refractivity contribution in [3.05, 3.63) is 29.8 Å². The van der Waals surface area contributed by atoms with Crippen molar-refractivity contribution in [3.63, 3.8) is 0 Å². The smallest absolute Gasteiger partial charge is 0.227 e. The fourth-order valence-electron chi connectivity index (χ4n) is 3.84. The Bertz CT molecular complexity index is 584. The summed E-state index contributed by atoms with van der Waals surface area (Å²) in [4.78, 5) is 26.8. The number of nitrogens with one attached hydrogen (secondary N) is 1. The summed E-state index contributed by atoms with van der Waals surface area (Å²) < 4.78 is 0. The predicted molar refractivity (Wildman–Crippen MR) is 91.1 cm³/mol. The number of piperidine rings is 1. The van der Waals surface area contributed by atoms with Crippen LogP contribution in [-0.2, 0) is 16.0 Å². The van der Waals surface area contributed by atoms with E-state index in [2.05, 4.69) is 23.2 Å². The van der Waals surface area contributed by atoms with Gasteiger partial charge in [-0.25, -0.2) is 0 Å². The van der Waals surface area contributed by atoms with Crippen LogP contribution in [0.3, 0.4) is 0 Å². The Morgan fingerprint density at radius 3 is 2.96 bits per heavy atom. The van der Waals surface area contributed by atoms with E-state index in [9.17, 15) is 9.59 Å². The number of rotatable bonds is 4. The zero-order valence-electron chi connectivity index (χ0n) is 13.9. The summed E-state index contributed by atoms with van der Waals surface area (Å²) in [5, 5.41) is 2.97. The zero-order chi connectivity index (χ0) is 16.2. The van der Waals surface area contributed by atoms with Gasteiger partial charge in [0.15, 0.2) is 0 Å². The summed E-state index contributed by atoms with van der Waals surface area (Å²) in [5.74, 6) is 0.198. The quantitative estimate of drug-likeness (QED) is 0.926. The molecule has 124 valence electrons. The number of benzene rings is 1. The lowest BCUT2D eigenvalue weighted by Crippen LogP contribution is -2.43. The average Bonchev–Trinajstić information content (AvgIpc) is 2.59. The van der Waals surface area contributed by atoms with Crippen molar-refractivity contribution in [2.24, 2.45) is 5.92 Å². The molecule has 1 saturated heterocycles. The monoisotopic (exact) mass is 314 g/mol. The van der Waals surface area contributed by atoms with E-state index < -0.39 is 0 Å². The van der Waals surface area contributed by atoms with Gasteiger partial charge in [0, 0.05) is 30.6 Å². The van der Waals surface area contributed by atoms with Crippen LogP contribution in [0, 0.1) is 5.92 Å². The van der Waals surface area contributed by atoms with Crippen LogP contribution in [0.5, 0.6) is 0 Å². The van der Waals surface area contributed by atoms with Gasteiger partial charge in [-0.05, 0) is 50.2 Å². The number of hydrogen-bond acceptors (Lipinski definition) is 2. The summed E-state index contributed by atoms with van der Waals surface area (Å²) in [7, 11) is 0. The lowest BCUT2D eigenvalue weighted by Gasteiger charge is -2.35. The molecule has 0 spiro atoms. The van der Waals surface area contributed by atoms with Crippen molar-refractivity contribution in [3.8, 4) is 0 Å². The van der Waals surface area contributed by atoms with E-state index in [0.29, 0.717) is 18.9 Å². The van der Waals surface area contributed by atoms with Crippen LogP contribution in [0.2, 0.25) is 0 Å². The van der Waals surface area contributed by atoms with E-state index in [0.717, 1.165) is 37.9 Å². The minimum Gasteiger partial charge on any atom is -0.340 e. The van der Waals surface area contributed by atoms with Crippen molar-refractivity contribution >= 4 is 17.5 Å². The first kappa shape index (κ1) is 16.0. The maximum atomic E-state index is 12.6.